The Morgan fingerprint density at radius 2 is 1.96 bits per heavy atom. The van der Waals surface area contributed by atoms with Gasteiger partial charge in [0, 0.05) is 37.3 Å². The van der Waals surface area contributed by atoms with Gasteiger partial charge in [0.05, 0.1) is 6.54 Å². The number of carboxylic acids is 2. The summed E-state index contributed by atoms with van der Waals surface area (Å²) < 4.78 is 13.5. The molecule has 1 aromatic carbocycles. The van der Waals surface area contributed by atoms with Crippen LogP contribution in [-0.2, 0) is 22.7 Å². The first-order valence-electron chi connectivity index (χ1n) is 7.16. The van der Waals surface area contributed by atoms with E-state index in [2.05, 4.69) is 15.7 Å². The number of halogens is 1. The fourth-order valence-electron chi connectivity index (χ4n) is 2.23. The predicted octanol–water partition coefficient (Wildman–Crippen LogP) is 0.317. The Morgan fingerprint density at radius 1 is 1.25 bits per heavy atom. The molecule has 4 N–H and O–H groups in total. The molecule has 0 aromatic heterocycles. The van der Waals surface area contributed by atoms with Crippen molar-refractivity contribution in [3.63, 3.8) is 0 Å². The number of benzene rings is 1. The lowest BCUT2D eigenvalue weighted by Crippen LogP contribution is -2.43. The van der Waals surface area contributed by atoms with Crippen molar-refractivity contribution in [3.05, 3.63) is 47.3 Å². The van der Waals surface area contributed by atoms with Crippen LogP contribution in [-0.4, -0.2) is 46.2 Å². The second kappa shape index (κ2) is 8.06. The van der Waals surface area contributed by atoms with E-state index in [0.717, 1.165) is 30.2 Å². The number of guanidine groups is 1. The summed E-state index contributed by atoms with van der Waals surface area (Å²) in [4.78, 5) is 23.4. The van der Waals surface area contributed by atoms with Gasteiger partial charge in [-0.25, -0.2) is 19.0 Å². The maximum absolute atomic E-state index is 13.5. The summed E-state index contributed by atoms with van der Waals surface area (Å²) in [5.74, 6) is -1.85. The quantitative estimate of drug-likeness (QED) is 0.588. The van der Waals surface area contributed by atoms with E-state index in [0.29, 0.717) is 25.2 Å². The molecule has 2 heterocycles. The molecular weight excluding hydrogens is 319 g/mol. The Morgan fingerprint density at radius 3 is 2.50 bits per heavy atom. The molecule has 0 radical (unpaired) electrons. The first kappa shape index (κ1) is 17.4. The highest BCUT2D eigenvalue weighted by Gasteiger charge is 2.22. The van der Waals surface area contributed by atoms with Gasteiger partial charge < -0.3 is 15.5 Å². The fraction of sp³-hybridized carbons (Fsp3) is 0.267. The van der Waals surface area contributed by atoms with Crippen LogP contribution in [0.1, 0.15) is 11.1 Å². The van der Waals surface area contributed by atoms with Gasteiger partial charge >= 0.3 is 11.9 Å². The molecule has 0 amide bonds. The second-order valence-corrected chi connectivity index (χ2v) is 5.01. The first-order chi connectivity index (χ1) is 11.5. The highest BCUT2D eigenvalue weighted by molar-refractivity contribution is 5.89. The molecule has 0 saturated heterocycles. The third-order valence-electron chi connectivity index (χ3n) is 3.23. The number of carbonyl (C=O) groups is 2. The zero-order chi connectivity index (χ0) is 17.5. The largest absolute Gasteiger partial charge is 0.478 e. The molecule has 0 atom stereocenters. The molecule has 2 aliphatic heterocycles. The summed E-state index contributed by atoms with van der Waals surface area (Å²) in [6.45, 7) is 2.98. The van der Waals surface area contributed by atoms with Gasteiger partial charge in [0.25, 0.3) is 0 Å². The topological polar surface area (TPSA) is 114 Å². The monoisotopic (exact) mass is 336 g/mol. The maximum atomic E-state index is 13.5. The molecule has 0 fully saturated rings. The van der Waals surface area contributed by atoms with Crippen LogP contribution in [0.25, 0.3) is 0 Å². The third-order valence-corrected chi connectivity index (χ3v) is 3.23. The normalized spacial score (nSPS) is 16.0. The number of nitrogens with zero attached hydrogens (tertiary/aromatic N) is 2. The number of nitrogens with one attached hydrogen (secondary N) is 2. The van der Waals surface area contributed by atoms with Crippen molar-refractivity contribution in [2.45, 2.75) is 13.1 Å². The molecule has 24 heavy (non-hydrogen) atoms. The first-order valence-corrected chi connectivity index (χ1v) is 7.16. The number of aliphatic carboxylic acids is 2. The van der Waals surface area contributed by atoms with Gasteiger partial charge in [-0.1, -0.05) is 12.1 Å². The van der Waals surface area contributed by atoms with Gasteiger partial charge in [0.1, 0.15) is 5.82 Å². The van der Waals surface area contributed by atoms with Crippen LogP contribution < -0.4 is 10.7 Å². The van der Waals surface area contributed by atoms with E-state index < -0.39 is 11.9 Å². The lowest BCUT2D eigenvalue weighted by atomic mass is 10.1. The van der Waals surface area contributed by atoms with Crippen molar-refractivity contribution >= 4 is 17.9 Å². The van der Waals surface area contributed by atoms with Crippen molar-refractivity contribution in [1.29, 1.82) is 0 Å². The minimum Gasteiger partial charge on any atom is -0.478 e. The van der Waals surface area contributed by atoms with E-state index in [1.165, 1.54) is 6.07 Å². The van der Waals surface area contributed by atoms with E-state index in [1.54, 1.807) is 6.07 Å². The van der Waals surface area contributed by atoms with E-state index in [-0.39, 0.29) is 5.82 Å². The summed E-state index contributed by atoms with van der Waals surface area (Å²) in [7, 11) is 0. The average Bonchev–Trinajstić information content (AvgIpc) is 3.16. The summed E-state index contributed by atoms with van der Waals surface area (Å²) in [5, 5.41) is 20.7. The van der Waals surface area contributed by atoms with Gasteiger partial charge in [0.2, 0.25) is 5.96 Å². The lowest BCUT2D eigenvalue weighted by molar-refractivity contribution is -0.134. The zero-order valence-corrected chi connectivity index (χ0v) is 12.7. The number of hydrogen-bond donors (Lipinski definition) is 4. The van der Waals surface area contributed by atoms with Gasteiger partial charge in [-0.2, -0.15) is 0 Å². The highest BCUT2D eigenvalue weighted by atomic mass is 19.1. The Hall–Kier alpha value is -2.94. The lowest BCUT2D eigenvalue weighted by Gasteiger charge is -2.17. The summed E-state index contributed by atoms with van der Waals surface area (Å²) in [5.41, 5.74) is 4.99. The van der Waals surface area contributed by atoms with Crippen molar-refractivity contribution in [1.82, 2.24) is 15.8 Å². The molecule has 0 bridgehead atoms. The predicted molar refractivity (Wildman–Crippen MR) is 83.5 cm³/mol. The number of aliphatic imine (C=N–C) groups is 1. The molecule has 9 heteroatoms. The van der Waals surface area contributed by atoms with E-state index >= 15 is 0 Å². The minimum absolute atomic E-state index is 0.122. The number of fused-ring (bicyclic) bond motifs is 1. The summed E-state index contributed by atoms with van der Waals surface area (Å²) in [6.07, 6.45) is 1.12. The standard InChI is InChI=1S/C11H13FN4.C4H4O4/c12-10-3-1-2-8-6-16(7-9(8)10)15-11-13-4-5-14-11;5-3(6)1-2-4(7)8/h1-3H,4-7H2,(H2,13,14,15);1-2H,(H,5,6)(H,7,8)/b;2-1+. The smallest absolute Gasteiger partial charge is 0.328 e. The Kier molecular flexibility index (Phi) is 5.85. The van der Waals surface area contributed by atoms with Crippen LogP contribution in [0.4, 0.5) is 4.39 Å². The van der Waals surface area contributed by atoms with E-state index in [4.69, 9.17) is 10.2 Å². The van der Waals surface area contributed by atoms with Crippen LogP contribution in [0.15, 0.2) is 35.3 Å². The Balaban J connectivity index is 0.000000224. The summed E-state index contributed by atoms with van der Waals surface area (Å²) >= 11 is 0. The van der Waals surface area contributed by atoms with E-state index in [1.807, 2.05) is 11.1 Å². The molecular formula is C15H17FN4O4. The molecule has 8 nitrogen and oxygen atoms in total. The van der Waals surface area contributed by atoms with E-state index in [9.17, 15) is 14.0 Å². The van der Waals surface area contributed by atoms with Crippen LogP contribution >= 0.6 is 0 Å². The number of rotatable bonds is 3. The zero-order valence-electron chi connectivity index (χ0n) is 12.7. The molecule has 128 valence electrons. The van der Waals surface area contributed by atoms with Gasteiger partial charge in [-0.3, -0.25) is 10.4 Å². The minimum atomic E-state index is -1.26. The van der Waals surface area contributed by atoms with Gasteiger partial charge in [0.15, 0.2) is 0 Å². The molecule has 0 saturated carbocycles. The van der Waals surface area contributed by atoms with Gasteiger partial charge in [-0.05, 0) is 11.6 Å². The molecule has 3 rings (SSSR count). The molecule has 0 spiro atoms. The maximum Gasteiger partial charge on any atom is 0.328 e. The molecule has 0 aliphatic carbocycles. The average molecular weight is 336 g/mol. The molecule has 2 aliphatic rings. The number of hydrogen-bond acceptors (Lipinski definition) is 6. The molecule has 0 unspecified atom stereocenters. The second-order valence-electron chi connectivity index (χ2n) is 5.01. The van der Waals surface area contributed by atoms with Crippen molar-refractivity contribution < 1.29 is 24.2 Å². The fourth-order valence-corrected chi connectivity index (χ4v) is 2.23. The Bertz CT molecular complexity index is 674. The Labute approximate surface area is 137 Å². The summed E-state index contributed by atoms with van der Waals surface area (Å²) in [6, 6.07) is 5.22. The van der Waals surface area contributed by atoms with Crippen molar-refractivity contribution in [3.8, 4) is 0 Å². The SMILES string of the molecule is Fc1cccc2c1CN(NC1=NCCN1)C2.O=C(O)/C=C/C(=O)O. The van der Waals surface area contributed by atoms with Crippen LogP contribution in [0.5, 0.6) is 0 Å². The third kappa shape index (κ3) is 5.06. The van der Waals surface area contributed by atoms with Crippen LogP contribution in [0.2, 0.25) is 0 Å². The molecule has 1 aromatic rings. The van der Waals surface area contributed by atoms with Crippen molar-refractivity contribution in [2.75, 3.05) is 13.1 Å². The van der Waals surface area contributed by atoms with Gasteiger partial charge in [-0.15, -0.1) is 0 Å². The number of hydrazine groups is 1. The highest BCUT2D eigenvalue weighted by Crippen LogP contribution is 2.23. The van der Waals surface area contributed by atoms with Crippen LogP contribution in [0.3, 0.4) is 0 Å². The number of carboxylic acid groups (broad SMARTS) is 2. The van der Waals surface area contributed by atoms with Crippen molar-refractivity contribution in [2.24, 2.45) is 4.99 Å². The van der Waals surface area contributed by atoms with Crippen LogP contribution in [0, 0.1) is 5.82 Å².